The molecule has 4 rings (SSSR count). The predicted molar refractivity (Wildman–Crippen MR) is 98.5 cm³/mol. The van der Waals surface area contributed by atoms with Crippen molar-refractivity contribution in [3.8, 4) is 0 Å². The first-order valence-corrected chi connectivity index (χ1v) is 11.0. The summed E-state index contributed by atoms with van der Waals surface area (Å²) in [6.45, 7) is 5.04. The van der Waals surface area contributed by atoms with Gasteiger partial charge < -0.3 is 9.64 Å². The molecule has 1 amide bonds. The Hall–Kier alpha value is -1.44. The van der Waals surface area contributed by atoms with E-state index in [2.05, 4.69) is 11.6 Å². The third-order valence-electron chi connectivity index (χ3n) is 6.15. The monoisotopic (exact) mass is 378 g/mol. The summed E-state index contributed by atoms with van der Waals surface area (Å²) in [7, 11) is -3.58. The van der Waals surface area contributed by atoms with Crippen LogP contribution in [-0.2, 0) is 26.0 Å². The minimum atomic E-state index is -3.58. The van der Waals surface area contributed by atoms with Crippen LogP contribution in [0.2, 0.25) is 0 Å². The quantitative estimate of drug-likeness (QED) is 0.870. The first-order chi connectivity index (χ1) is 12.4. The minimum absolute atomic E-state index is 0.00721. The van der Waals surface area contributed by atoms with E-state index in [-0.39, 0.29) is 24.0 Å². The maximum Gasteiger partial charge on any atom is 0.240 e. The molecule has 1 saturated heterocycles. The van der Waals surface area contributed by atoms with Gasteiger partial charge in [-0.15, -0.1) is 0 Å². The molecule has 0 radical (unpaired) electrons. The van der Waals surface area contributed by atoms with Crippen molar-refractivity contribution >= 4 is 21.6 Å². The van der Waals surface area contributed by atoms with Crippen LogP contribution in [0.1, 0.15) is 38.7 Å². The number of benzene rings is 1. The number of amides is 1. The maximum absolute atomic E-state index is 13.0. The van der Waals surface area contributed by atoms with Crippen molar-refractivity contribution in [2.24, 2.45) is 11.8 Å². The predicted octanol–water partition coefficient (Wildman–Crippen LogP) is 2.08. The summed E-state index contributed by atoms with van der Waals surface area (Å²) in [5.41, 5.74) is 1.76. The Kier molecular flexibility index (Phi) is 4.57. The van der Waals surface area contributed by atoms with Crippen molar-refractivity contribution < 1.29 is 17.9 Å². The van der Waals surface area contributed by atoms with E-state index < -0.39 is 10.0 Å². The van der Waals surface area contributed by atoms with Crippen molar-refractivity contribution in [2.45, 2.75) is 56.6 Å². The van der Waals surface area contributed by atoms with Gasteiger partial charge in [0.2, 0.25) is 15.9 Å². The Morgan fingerprint density at radius 3 is 2.92 bits per heavy atom. The van der Waals surface area contributed by atoms with E-state index in [0.717, 1.165) is 43.5 Å². The van der Waals surface area contributed by atoms with Crippen LogP contribution in [0.5, 0.6) is 0 Å². The second kappa shape index (κ2) is 6.62. The number of fused-ring (bicyclic) bond motifs is 2. The largest absolute Gasteiger partial charge is 0.378 e. The number of carbonyl (C=O) groups is 1. The molecule has 2 heterocycles. The van der Waals surface area contributed by atoms with Crippen LogP contribution in [0.3, 0.4) is 0 Å². The Labute approximate surface area is 155 Å². The first-order valence-electron chi connectivity index (χ1n) is 9.47. The van der Waals surface area contributed by atoms with Gasteiger partial charge in [-0.05, 0) is 49.4 Å². The van der Waals surface area contributed by atoms with E-state index in [9.17, 15) is 13.2 Å². The number of hydrogen-bond acceptors (Lipinski definition) is 4. The van der Waals surface area contributed by atoms with Crippen molar-refractivity contribution in [3.05, 3.63) is 23.8 Å². The van der Waals surface area contributed by atoms with Crippen LogP contribution in [0, 0.1) is 11.8 Å². The van der Waals surface area contributed by atoms with E-state index in [4.69, 9.17) is 4.74 Å². The van der Waals surface area contributed by atoms with E-state index >= 15 is 0 Å². The number of sulfonamides is 1. The highest BCUT2D eigenvalue weighted by Gasteiger charge is 2.54. The van der Waals surface area contributed by atoms with Crippen LogP contribution in [-0.4, -0.2) is 39.6 Å². The highest BCUT2D eigenvalue weighted by molar-refractivity contribution is 7.89. The average molecular weight is 378 g/mol. The SMILES string of the molecule is CC[C@@H]1[C@H](NS(=O)(=O)c2ccc3c(c2)CCCN3C(C)=O)[C@@H]2CCO[C@H]12. The maximum atomic E-state index is 13.0. The van der Waals surface area contributed by atoms with Crippen molar-refractivity contribution in [1.82, 2.24) is 4.72 Å². The standard InChI is InChI=1S/C19H26N2O4S/c1-3-15-18(16-8-10-25-19(15)16)20-26(23,24)14-6-7-17-13(11-14)5-4-9-21(17)12(2)22/h6-7,11,15-16,18-20H,3-5,8-10H2,1-2H3/t15-,16+,18+,19-/m1/s1. The molecule has 1 N–H and O–H groups in total. The lowest BCUT2D eigenvalue weighted by Crippen LogP contribution is -2.61. The smallest absolute Gasteiger partial charge is 0.240 e. The third kappa shape index (κ3) is 2.86. The average Bonchev–Trinajstić information content (AvgIpc) is 3.03. The van der Waals surface area contributed by atoms with Gasteiger partial charge in [-0.1, -0.05) is 6.92 Å². The second-order valence-electron chi connectivity index (χ2n) is 7.57. The summed E-state index contributed by atoms with van der Waals surface area (Å²) in [6.07, 6.45) is 3.69. The molecule has 0 bridgehead atoms. The van der Waals surface area contributed by atoms with Crippen LogP contribution in [0.4, 0.5) is 5.69 Å². The van der Waals surface area contributed by atoms with Crippen LogP contribution >= 0.6 is 0 Å². The van der Waals surface area contributed by atoms with Gasteiger partial charge in [-0.25, -0.2) is 13.1 Å². The van der Waals surface area contributed by atoms with Gasteiger partial charge in [0.15, 0.2) is 0 Å². The number of carbonyl (C=O) groups excluding carboxylic acids is 1. The zero-order valence-corrected chi connectivity index (χ0v) is 16.1. The number of ether oxygens (including phenoxy) is 1. The fourth-order valence-corrected chi connectivity index (χ4v) is 6.19. The van der Waals surface area contributed by atoms with E-state index in [1.165, 1.54) is 0 Å². The Morgan fingerprint density at radius 1 is 1.38 bits per heavy atom. The molecule has 4 atom stereocenters. The van der Waals surface area contributed by atoms with Gasteiger partial charge in [0.05, 0.1) is 11.0 Å². The summed E-state index contributed by atoms with van der Waals surface area (Å²) < 4.78 is 34.6. The van der Waals surface area contributed by atoms with Crippen LogP contribution < -0.4 is 9.62 Å². The lowest BCUT2D eigenvalue weighted by Gasteiger charge is -2.47. The van der Waals surface area contributed by atoms with Crippen LogP contribution in [0.25, 0.3) is 0 Å². The lowest BCUT2D eigenvalue weighted by molar-refractivity contribution is -0.116. The highest BCUT2D eigenvalue weighted by Crippen LogP contribution is 2.45. The van der Waals surface area contributed by atoms with Gasteiger partial charge in [0.25, 0.3) is 0 Å². The zero-order chi connectivity index (χ0) is 18.5. The molecular weight excluding hydrogens is 352 g/mol. The molecule has 1 aromatic carbocycles. The van der Waals surface area contributed by atoms with Gasteiger partial charge in [0.1, 0.15) is 0 Å². The summed E-state index contributed by atoms with van der Waals surface area (Å²) in [6, 6.07) is 5.08. The number of nitrogens with zero attached hydrogens (tertiary/aromatic N) is 1. The first kappa shape index (κ1) is 17.9. The van der Waals surface area contributed by atoms with Crippen LogP contribution in [0.15, 0.2) is 23.1 Å². The summed E-state index contributed by atoms with van der Waals surface area (Å²) in [5, 5.41) is 0. The lowest BCUT2D eigenvalue weighted by atomic mass is 9.66. The Morgan fingerprint density at radius 2 is 2.19 bits per heavy atom. The number of rotatable bonds is 4. The number of aryl methyl sites for hydroxylation is 1. The van der Waals surface area contributed by atoms with E-state index in [1.807, 2.05) is 0 Å². The van der Waals surface area contributed by atoms with Gasteiger partial charge >= 0.3 is 0 Å². The fraction of sp³-hybridized carbons (Fsp3) is 0.632. The summed E-state index contributed by atoms with van der Waals surface area (Å²) >= 11 is 0. The molecule has 2 aliphatic heterocycles. The fourth-order valence-electron chi connectivity index (χ4n) is 4.81. The second-order valence-corrected chi connectivity index (χ2v) is 9.29. The third-order valence-corrected chi connectivity index (χ3v) is 7.61. The molecule has 3 aliphatic rings. The zero-order valence-electron chi connectivity index (χ0n) is 15.3. The molecule has 7 heteroatoms. The van der Waals surface area contributed by atoms with Crippen molar-refractivity contribution in [2.75, 3.05) is 18.1 Å². The Bertz CT molecular complexity index is 823. The number of anilines is 1. The van der Waals surface area contributed by atoms with E-state index in [0.29, 0.717) is 17.4 Å². The molecule has 2 fully saturated rings. The molecule has 1 saturated carbocycles. The Balaban J connectivity index is 1.58. The summed E-state index contributed by atoms with van der Waals surface area (Å²) in [4.78, 5) is 13.8. The normalized spacial score (nSPS) is 30.5. The van der Waals surface area contributed by atoms with Crippen molar-refractivity contribution in [3.63, 3.8) is 0 Å². The molecule has 142 valence electrons. The molecule has 26 heavy (non-hydrogen) atoms. The number of nitrogens with one attached hydrogen (secondary N) is 1. The van der Waals surface area contributed by atoms with Crippen molar-refractivity contribution in [1.29, 1.82) is 0 Å². The minimum Gasteiger partial charge on any atom is -0.378 e. The molecule has 0 spiro atoms. The highest BCUT2D eigenvalue weighted by atomic mass is 32.2. The molecule has 0 unspecified atom stereocenters. The molecular formula is C19H26N2O4S. The molecule has 0 aromatic heterocycles. The number of hydrogen-bond donors (Lipinski definition) is 1. The van der Waals surface area contributed by atoms with Gasteiger partial charge in [-0.2, -0.15) is 0 Å². The topological polar surface area (TPSA) is 75.7 Å². The van der Waals surface area contributed by atoms with E-state index in [1.54, 1.807) is 30.0 Å². The van der Waals surface area contributed by atoms with Gasteiger partial charge in [0, 0.05) is 43.6 Å². The molecule has 1 aromatic rings. The molecule has 1 aliphatic carbocycles. The van der Waals surface area contributed by atoms with Gasteiger partial charge in [-0.3, -0.25) is 4.79 Å². The summed E-state index contributed by atoms with van der Waals surface area (Å²) in [5.74, 6) is 0.538. The molecule has 6 nitrogen and oxygen atoms in total.